The highest BCUT2D eigenvalue weighted by Gasteiger charge is 2.46. The van der Waals surface area contributed by atoms with Crippen molar-refractivity contribution in [1.29, 1.82) is 0 Å². The lowest BCUT2D eigenvalue weighted by atomic mass is 10.1. The number of hydrogen-bond acceptors (Lipinski definition) is 6. The van der Waals surface area contributed by atoms with E-state index in [1.165, 1.54) is 0 Å². The van der Waals surface area contributed by atoms with Crippen LogP contribution in [0.15, 0.2) is 59.7 Å². The normalized spacial score (nSPS) is 19.7. The lowest BCUT2D eigenvalue weighted by Gasteiger charge is -2.35. The van der Waals surface area contributed by atoms with E-state index >= 15 is 0 Å². The van der Waals surface area contributed by atoms with Crippen LogP contribution < -0.4 is 15.2 Å². The molecule has 1 aromatic carbocycles. The van der Waals surface area contributed by atoms with E-state index in [0.29, 0.717) is 36.0 Å². The Morgan fingerprint density at radius 3 is 2.61 bits per heavy atom. The van der Waals surface area contributed by atoms with Crippen molar-refractivity contribution in [1.82, 2.24) is 19.4 Å². The fourth-order valence-corrected chi connectivity index (χ4v) is 4.54. The predicted molar refractivity (Wildman–Crippen MR) is 116 cm³/mol. The number of anilines is 1. The second kappa shape index (κ2) is 7.54. The molecule has 0 N–H and O–H groups in total. The first-order valence-electron chi connectivity index (χ1n) is 10.3. The number of piperazine rings is 1. The molecule has 1 amide bonds. The van der Waals surface area contributed by atoms with E-state index in [1.807, 2.05) is 35.2 Å². The van der Waals surface area contributed by atoms with E-state index in [4.69, 9.17) is 9.72 Å². The van der Waals surface area contributed by atoms with Gasteiger partial charge in [-0.3, -0.25) is 19.1 Å². The molecule has 0 radical (unpaired) electrons. The number of fused-ring (bicyclic) bond motifs is 2. The fourth-order valence-electron chi connectivity index (χ4n) is 4.54. The predicted octanol–water partition coefficient (Wildman–Crippen LogP) is 1.95. The summed E-state index contributed by atoms with van der Waals surface area (Å²) in [5.74, 6) is 1.32. The monoisotopic (exact) mass is 417 g/mol. The average Bonchev–Trinajstić information content (AvgIpc) is 3.42. The highest BCUT2D eigenvalue weighted by atomic mass is 16.5. The molecule has 2 aromatic heterocycles. The third kappa shape index (κ3) is 3.34. The number of aromatic nitrogens is 3. The van der Waals surface area contributed by atoms with Crippen molar-refractivity contribution in [3.05, 3.63) is 70.8 Å². The maximum absolute atomic E-state index is 13.1. The Labute approximate surface area is 179 Å². The Morgan fingerprint density at radius 2 is 1.90 bits per heavy atom. The van der Waals surface area contributed by atoms with Gasteiger partial charge in [-0.05, 0) is 36.8 Å². The van der Waals surface area contributed by atoms with Crippen molar-refractivity contribution in [3.8, 4) is 17.0 Å². The SMILES string of the molecule is COc1cccc(C(=O)N2C[C@@H]3CC2CN3c2nc(-c3ccncc3)cc(=O)n2C)c1. The molecule has 158 valence electrons. The molecular weight excluding hydrogens is 394 g/mol. The van der Waals surface area contributed by atoms with Gasteiger partial charge in [0.2, 0.25) is 5.95 Å². The maximum Gasteiger partial charge on any atom is 0.255 e. The van der Waals surface area contributed by atoms with Gasteiger partial charge in [-0.25, -0.2) is 4.98 Å². The largest absolute Gasteiger partial charge is 0.497 e. The molecule has 2 fully saturated rings. The number of methoxy groups -OCH3 is 1. The number of rotatable bonds is 4. The van der Waals surface area contributed by atoms with Gasteiger partial charge < -0.3 is 14.5 Å². The van der Waals surface area contributed by atoms with Gasteiger partial charge in [-0.2, -0.15) is 0 Å². The third-order valence-electron chi connectivity index (χ3n) is 6.16. The van der Waals surface area contributed by atoms with Crippen molar-refractivity contribution >= 4 is 11.9 Å². The molecule has 31 heavy (non-hydrogen) atoms. The number of likely N-dealkylation sites (tertiary alicyclic amines) is 1. The van der Waals surface area contributed by atoms with Gasteiger partial charge in [-0.1, -0.05) is 6.07 Å². The lowest BCUT2D eigenvalue weighted by molar-refractivity contribution is 0.0724. The van der Waals surface area contributed by atoms with Crippen LogP contribution in [-0.4, -0.2) is 57.6 Å². The Hall–Kier alpha value is -3.68. The molecule has 5 rings (SSSR count). The molecule has 8 nitrogen and oxygen atoms in total. The summed E-state index contributed by atoms with van der Waals surface area (Å²) >= 11 is 0. The Kier molecular flexibility index (Phi) is 4.69. The van der Waals surface area contributed by atoms with Crippen molar-refractivity contribution in [2.45, 2.75) is 18.5 Å². The first kappa shape index (κ1) is 19.3. The molecule has 1 unspecified atom stereocenters. The van der Waals surface area contributed by atoms with Crippen LogP contribution in [0.4, 0.5) is 5.95 Å². The minimum atomic E-state index is -0.108. The number of carbonyl (C=O) groups is 1. The number of hydrogen-bond donors (Lipinski definition) is 0. The summed E-state index contributed by atoms with van der Waals surface area (Å²) in [6, 6.07) is 12.7. The first-order valence-corrected chi connectivity index (χ1v) is 10.3. The molecule has 2 aliphatic heterocycles. The van der Waals surface area contributed by atoms with Crippen LogP contribution in [0.2, 0.25) is 0 Å². The summed E-state index contributed by atoms with van der Waals surface area (Å²) in [4.78, 5) is 38.6. The number of pyridine rings is 1. The van der Waals surface area contributed by atoms with Gasteiger partial charge >= 0.3 is 0 Å². The second-order valence-corrected chi connectivity index (χ2v) is 7.96. The van der Waals surface area contributed by atoms with E-state index in [1.54, 1.807) is 43.3 Å². The van der Waals surface area contributed by atoms with E-state index in [9.17, 15) is 9.59 Å². The van der Waals surface area contributed by atoms with Crippen LogP contribution in [0.1, 0.15) is 16.8 Å². The van der Waals surface area contributed by atoms with Gasteiger partial charge in [0.05, 0.1) is 24.9 Å². The molecule has 2 bridgehead atoms. The van der Waals surface area contributed by atoms with Gasteiger partial charge in [0.1, 0.15) is 5.75 Å². The van der Waals surface area contributed by atoms with Crippen LogP contribution in [-0.2, 0) is 7.05 Å². The zero-order valence-electron chi connectivity index (χ0n) is 17.4. The van der Waals surface area contributed by atoms with Gasteiger partial charge in [0, 0.05) is 49.7 Å². The van der Waals surface area contributed by atoms with Crippen LogP contribution >= 0.6 is 0 Å². The number of ether oxygens (including phenoxy) is 1. The molecule has 8 heteroatoms. The second-order valence-electron chi connectivity index (χ2n) is 7.96. The van der Waals surface area contributed by atoms with Crippen molar-refractivity contribution in [3.63, 3.8) is 0 Å². The maximum atomic E-state index is 13.1. The summed E-state index contributed by atoms with van der Waals surface area (Å²) < 4.78 is 6.84. The molecule has 2 saturated heterocycles. The van der Waals surface area contributed by atoms with Crippen LogP contribution in [0, 0.1) is 0 Å². The Morgan fingerprint density at radius 1 is 1.10 bits per heavy atom. The summed E-state index contributed by atoms with van der Waals surface area (Å²) in [6.07, 6.45) is 4.24. The van der Waals surface area contributed by atoms with Gasteiger partial charge in [0.15, 0.2) is 0 Å². The highest BCUT2D eigenvalue weighted by Crippen LogP contribution is 2.35. The minimum Gasteiger partial charge on any atom is -0.497 e. The van der Waals surface area contributed by atoms with E-state index in [0.717, 1.165) is 12.0 Å². The number of carbonyl (C=O) groups excluding carboxylic acids is 1. The lowest BCUT2D eigenvalue weighted by Crippen LogP contribution is -2.50. The number of nitrogens with zero attached hydrogens (tertiary/aromatic N) is 5. The third-order valence-corrected chi connectivity index (χ3v) is 6.16. The molecule has 0 saturated carbocycles. The van der Waals surface area contributed by atoms with Crippen molar-refractivity contribution in [2.24, 2.45) is 7.05 Å². The molecule has 2 aliphatic rings. The topological polar surface area (TPSA) is 80.6 Å². The van der Waals surface area contributed by atoms with E-state index in [2.05, 4.69) is 9.88 Å². The number of benzene rings is 1. The van der Waals surface area contributed by atoms with E-state index < -0.39 is 0 Å². The van der Waals surface area contributed by atoms with E-state index in [-0.39, 0.29) is 23.6 Å². The zero-order valence-corrected chi connectivity index (χ0v) is 17.4. The fraction of sp³-hybridized carbons (Fsp3) is 0.304. The Bertz CT molecular complexity index is 1190. The standard InChI is InChI=1S/C23H23N5O3/c1-26-21(29)12-20(15-6-8-24-9-7-15)25-23(26)28-14-17-11-18(28)13-27(17)22(30)16-4-3-5-19(10-16)31-2/h3-10,12,17-18H,11,13-14H2,1-2H3/t17?,18-/m0/s1. The molecule has 3 aromatic rings. The van der Waals surface area contributed by atoms with Gasteiger partial charge in [-0.15, -0.1) is 0 Å². The molecule has 2 atom stereocenters. The molecule has 0 aliphatic carbocycles. The van der Waals surface area contributed by atoms with Crippen LogP contribution in [0.5, 0.6) is 5.75 Å². The summed E-state index contributed by atoms with van der Waals surface area (Å²) in [6.45, 7) is 1.26. The summed E-state index contributed by atoms with van der Waals surface area (Å²) in [5.41, 5.74) is 2.01. The first-order chi connectivity index (χ1) is 15.0. The van der Waals surface area contributed by atoms with Crippen LogP contribution in [0.3, 0.4) is 0 Å². The summed E-state index contributed by atoms with van der Waals surface area (Å²) in [7, 11) is 3.34. The molecule has 0 spiro atoms. The van der Waals surface area contributed by atoms with Crippen molar-refractivity contribution in [2.75, 3.05) is 25.1 Å². The smallest absolute Gasteiger partial charge is 0.255 e. The molecular formula is C23H23N5O3. The zero-order chi connectivity index (χ0) is 21.5. The number of amides is 1. The van der Waals surface area contributed by atoms with Crippen LogP contribution in [0.25, 0.3) is 11.3 Å². The average molecular weight is 417 g/mol. The quantitative estimate of drug-likeness (QED) is 0.646. The highest BCUT2D eigenvalue weighted by molar-refractivity contribution is 5.95. The van der Waals surface area contributed by atoms with Gasteiger partial charge in [0.25, 0.3) is 11.5 Å². The molecule has 4 heterocycles. The van der Waals surface area contributed by atoms with Crippen molar-refractivity contribution < 1.29 is 9.53 Å². The Balaban J connectivity index is 1.40. The summed E-state index contributed by atoms with van der Waals surface area (Å²) in [5, 5.41) is 0. The minimum absolute atomic E-state index is 0.0124.